The standard InChI is InChI=1S/C18H19NO2/c19-12-3-4-15-7-9-16(10-8-15)14-21-18-6-2-1-5-17(18)11-13-20/h1-2,5-10,20H,11-14,19H2. The molecule has 0 aliphatic heterocycles. The van der Waals surface area contributed by atoms with E-state index in [0.717, 1.165) is 22.4 Å². The van der Waals surface area contributed by atoms with Crippen LogP contribution in [0.25, 0.3) is 0 Å². The van der Waals surface area contributed by atoms with Crippen LogP contribution in [-0.4, -0.2) is 18.3 Å². The molecule has 0 aromatic heterocycles. The fourth-order valence-corrected chi connectivity index (χ4v) is 1.97. The van der Waals surface area contributed by atoms with Crippen molar-refractivity contribution in [3.63, 3.8) is 0 Å². The van der Waals surface area contributed by atoms with Crippen molar-refractivity contribution in [2.24, 2.45) is 5.73 Å². The molecule has 0 bridgehead atoms. The summed E-state index contributed by atoms with van der Waals surface area (Å²) in [5.41, 5.74) is 8.39. The lowest BCUT2D eigenvalue weighted by Crippen LogP contribution is -2.00. The van der Waals surface area contributed by atoms with Crippen LogP contribution in [0.1, 0.15) is 16.7 Å². The zero-order chi connectivity index (χ0) is 14.9. The predicted octanol–water partition coefficient (Wildman–Crippen LogP) is 2.11. The van der Waals surface area contributed by atoms with Crippen molar-refractivity contribution in [3.05, 3.63) is 65.2 Å². The van der Waals surface area contributed by atoms with Crippen LogP contribution in [0.4, 0.5) is 0 Å². The number of hydrogen-bond acceptors (Lipinski definition) is 3. The first-order chi connectivity index (χ1) is 10.3. The van der Waals surface area contributed by atoms with Gasteiger partial charge >= 0.3 is 0 Å². The number of aliphatic hydroxyl groups is 1. The van der Waals surface area contributed by atoms with Gasteiger partial charge in [-0.3, -0.25) is 0 Å². The molecule has 21 heavy (non-hydrogen) atoms. The van der Waals surface area contributed by atoms with Crippen molar-refractivity contribution in [2.75, 3.05) is 13.2 Å². The van der Waals surface area contributed by atoms with Crippen LogP contribution in [0, 0.1) is 11.8 Å². The minimum absolute atomic E-state index is 0.120. The first kappa shape index (κ1) is 15.1. The topological polar surface area (TPSA) is 55.5 Å². The minimum Gasteiger partial charge on any atom is -0.489 e. The number of rotatable bonds is 5. The van der Waals surface area contributed by atoms with E-state index >= 15 is 0 Å². The van der Waals surface area contributed by atoms with Crippen LogP contribution in [0.3, 0.4) is 0 Å². The predicted molar refractivity (Wildman–Crippen MR) is 83.9 cm³/mol. The molecule has 0 saturated heterocycles. The Kier molecular flexibility index (Phi) is 5.83. The molecule has 2 aromatic rings. The number of nitrogens with two attached hydrogens (primary N) is 1. The molecule has 0 radical (unpaired) electrons. The van der Waals surface area contributed by atoms with Crippen molar-refractivity contribution in [1.82, 2.24) is 0 Å². The zero-order valence-electron chi connectivity index (χ0n) is 11.9. The summed E-state index contributed by atoms with van der Waals surface area (Å²) in [7, 11) is 0. The summed E-state index contributed by atoms with van der Waals surface area (Å²) in [6.07, 6.45) is 0.601. The van der Waals surface area contributed by atoms with Crippen LogP contribution < -0.4 is 10.5 Å². The summed E-state index contributed by atoms with van der Waals surface area (Å²) in [6, 6.07) is 15.7. The van der Waals surface area contributed by atoms with Crippen LogP contribution >= 0.6 is 0 Å². The molecule has 0 aliphatic carbocycles. The van der Waals surface area contributed by atoms with E-state index in [2.05, 4.69) is 11.8 Å². The van der Waals surface area contributed by atoms with Gasteiger partial charge in [0.15, 0.2) is 0 Å². The highest BCUT2D eigenvalue weighted by molar-refractivity contribution is 5.37. The molecule has 2 rings (SSSR count). The average Bonchev–Trinajstić information content (AvgIpc) is 2.53. The van der Waals surface area contributed by atoms with E-state index in [1.807, 2.05) is 48.5 Å². The lowest BCUT2D eigenvalue weighted by molar-refractivity contribution is 0.284. The second-order valence-electron chi connectivity index (χ2n) is 4.57. The fraction of sp³-hybridized carbons (Fsp3) is 0.222. The highest BCUT2D eigenvalue weighted by atomic mass is 16.5. The number of hydrogen-bond donors (Lipinski definition) is 2. The molecule has 2 aromatic carbocycles. The third-order valence-corrected chi connectivity index (χ3v) is 3.04. The van der Waals surface area contributed by atoms with Gasteiger partial charge in [0.1, 0.15) is 12.4 Å². The molecular formula is C18H19NO2. The van der Waals surface area contributed by atoms with Gasteiger partial charge in [-0.1, -0.05) is 42.2 Å². The van der Waals surface area contributed by atoms with E-state index < -0.39 is 0 Å². The lowest BCUT2D eigenvalue weighted by atomic mass is 10.1. The van der Waals surface area contributed by atoms with Crippen LogP contribution in [0.5, 0.6) is 5.75 Å². The third-order valence-electron chi connectivity index (χ3n) is 3.04. The Bertz CT molecular complexity index is 624. The number of ether oxygens (including phenoxy) is 1. The van der Waals surface area contributed by atoms with Crippen molar-refractivity contribution in [1.29, 1.82) is 0 Å². The molecule has 0 aliphatic rings. The average molecular weight is 281 g/mol. The Balaban J connectivity index is 2.00. The van der Waals surface area contributed by atoms with Gasteiger partial charge in [-0.2, -0.15) is 0 Å². The van der Waals surface area contributed by atoms with Gasteiger partial charge < -0.3 is 15.6 Å². The minimum atomic E-state index is 0.120. The Morgan fingerprint density at radius 3 is 2.52 bits per heavy atom. The van der Waals surface area contributed by atoms with Gasteiger partial charge in [0.2, 0.25) is 0 Å². The summed E-state index contributed by atoms with van der Waals surface area (Å²) < 4.78 is 5.83. The Labute approximate surface area is 125 Å². The molecule has 0 spiro atoms. The Hall–Kier alpha value is -2.28. The smallest absolute Gasteiger partial charge is 0.123 e. The summed E-state index contributed by atoms with van der Waals surface area (Å²) in [5.74, 6) is 6.63. The second kappa shape index (κ2) is 8.11. The normalized spacial score (nSPS) is 9.81. The van der Waals surface area contributed by atoms with E-state index in [0.29, 0.717) is 19.6 Å². The van der Waals surface area contributed by atoms with Gasteiger partial charge in [0.05, 0.1) is 6.54 Å². The van der Waals surface area contributed by atoms with Gasteiger partial charge in [0.25, 0.3) is 0 Å². The summed E-state index contributed by atoms with van der Waals surface area (Å²) in [5, 5.41) is 9.05. The monoisotopic (exact) mass is 281 g/mol. The van der Waals surface area contributed by atoms with Crippen molar-refractivity contribution in [2.45, 2.75) is 13.0 Å². The molecule has 0 saturated carbocycles. The number of aliphatic hydroxyl groups excluding tert-OH is 1. The van der Waals surface area contributed by atoms with E-state index in [-0.39, 0.29) is 6.61 Å². The van der Waals surface area contributed by atoms with Gasteiger partial charge in [-0.15, -0.1) is 0 Å². The van der Waals surface area contributed by atoms with Gasteiger partial charge in [0, 0.05) is 12.2 Å². The maximum atomic E-state index is 9.05. The van der Waals surface area contributed by atoms with Gasteiger partial charge in [-0.25, -0.2) is 0 Å². The summed E-state index contributed by atoms with van der Waals surface area (Å²) in [6.45, 7) is 0.981. The molecule has 3 nitrogen and oxygen atoms in total. The first-order valence-corrected chi connectivity index (χ1v) is 6.93. The Morgan fingerprint density at radius 2 is 1.81 bits per heavy atom. The Morgan fingerprint density at radius 1 is 1.05 bits per heavy atom. The maximum Gasteiger partial charge on any atom is 0.123 e. The molecule has 0 heterocycles. The number of benzene rings is 2. The van der Waals surface area contributed by atoms with Crippen LogP contribution in [0.15, 0.2) is 48.5 Å². The lowest BCUT2D eigenvalue weighted by Gasteiger charge is -2.10. The van der Waals surface area contributed by atoms with Crippen LogP contribution in [-0.2, 0) is 13.0 Å². The SMILES string of the molecule is NCC#Cc1ccc(COc2ccccc2CCO)cc1. The zero-order valence-corrected chi connectivity index (χ0v) is 11.9. The highest BCUT2D eigenvalue weighted by Gasteiger charge is 2.02. The number of para-hydroxylation sites is 1. The molecular weight excluding hydrogens is 262 g/mol. The van der Waals surface area contributed by atoms with E-state index in [1.165, 1.54) is 0 Å². The quantitative estimate of drug-likeness (QED) is 0.825. The molecule has 0 unspecified atom stereocenters. The van der Waals surface area contributed by atoms with Crippen LogP contribution in [0.2, 0.25) is 0 Å². The van der Waals surface area contributed by atoms with E-state index in [4.69, 9.17) is 15.6 Å². The van der Waals surface area contributed by atoms with Crippen molar-refractivity contribution < 1.29 is 9.84 Å². The maximum absolute atomic E-state index is 9.05. The molecule has 3 heteroatoms. The highest BCUT2D eigenvalue weighted by Crippen LogP contribution is 2.19. The van der Waals surface area contributed by atoms with E-state index in [1.54, 1.807) is 0 Å². The fourth-order valence-electron chi connectivity index (χ4n) is 1.97. The molecule has 0 fully saturated rings. The first-order valence-electron chi connectivity index (χ1n) is 6.93. The van der Waals surface area contributed by atoms with Crippen molar-refractivity contribution >= 4 is 0 Å². The van der Waals surface area contributed by atoms with Crippen molar-refractivity contribution in [3.8, 4) is 17.6 Å². The summed E-state index contributed by atoms with van der Waals surface area (Å²) in [4.78, 5) is 0. The van der Waals surface area contributed by atoms with E-state index in [9.17, 15) is 0 Å². The molecule has 0 amide bonds. The molecule has 0 atom stereocenters. The molecule has 3 N–H and O–H groups in total. The molecule has 108 valence electrons. The third kappa shape index (κ3) is 4.64. The second-order valence-corrected chi connectivity index (χ2v) is 4.57. The summed E-state index contributed by atoms with van der Waals surface area (Å²) >= 11 is 0. The largest absolute Gasteiger partial charge is 0.489 e. The van der Waals surface area contributed by atoms with Gasteiger partial charge in [-0.05, 0) is 35.7 Å².